The summed E-state index contributed by atoms with van der Waals surface area (Å²) < 4.78 is 10.4. The molecule has 22 heavy (non-hydrogen) atoms. The third-order valence-electron chi connectivity index (χ3n) is 3.21. The molecule has 116 valence electrons. The van der Waals surface area contributed by atoms with Gasteiger partial charge in [0.2, 0.25) is 0 Å². The SMILES string of the molecule is COC1=CC(=Cc2ccc(OC)cc2)C(C(Cl)=NNCl)C=C1. The Morgan fingerprint density at radius 1 is 1.23 bits per heavy atom. The van der Waals surface area contributed by atoms with Crippen molar-refractivity contribution in [1.29, 1.82) is 0 Å². The molecular formula is C16H16Cl2N2O2. The van der Waals surface area contributed by atoms with Crippen molar-refractivity contribution in [2.45, 2.75) is 0 Å². The Kier molecular flexibility index (Phi) is 5.92. The van der Waals surface area contributed by atoms with Crippen LogP contribution in [0.25, 0.3) is 6.08 Å². The zero-order chi connectivity index (χ0) is 15.9. The number of ether oxygens (including phenoxy) is 2. The van der Waals surface area contributed by atoms with Gasteiger partial charge in [0.05, 0.1) is 20.1 Å². The highest BCUT2D eigenvalue weighted by Gasteiger charge is 2.19. The summed E-state index contributed by atoms with van der Waals surface area (Å²) in [6.45, 7) is 0. The Balaban J connectivity index is 2.36. The van der Waals surface area contributed by atoms with Gasteiger partial charge in [0, 0.05) is 11.8 Å². The van der Waals surface area contributed by atoms with E-state index in [1.54, 1.807) is 14.2 Å². The van der Waals surface area contributed by atoms with Crippen molar-refractivity contribution in [2.24, 2.45) is 11.0 Å². The highest BCUT2D eigenvalue weighted by Crippen LogP contribution is 2.28. The van der Waals surface area contributed by atoms with Crippen LogP contribution < -0.4 is 9.68 Å². The molecule has 0 aromatic heterocycles. The average Bonchev–Trinajstić information content (AvgIpc) is 2.55. The number of halogens is 2. The molecule has 0 saturated carbocycles. The first kappa shape index (κ1) is 16.5. The maximum Gasteiger partial charge on any atom is 0.138 e. The van der Waals surface area contributed by atoms with Gasteiger partial charge in [-0.2, -0.15) is 5.10 Å². The van der Waals surface area contributed by atoms with E-state index in [2.05, 4.69) is 10.0 Å². The number of nitrogens with zero attached hydrogens (tertiary/aromatic N) is 1. The molecule has 1 unspecified atom stereocenters. The minimum atomic E-state index is -0.186. The van der Waals surface area contributed by atoms with Gasteiger partial charge in [0.1, 0.15) is 16.7 Å². The van der Waals surface area contributed by atoms with Gasteiger partial charge in [-0.25, -0.2) is 4.94 Å². The van der Waals surface area contributed by atoms with Gasteiger partial charge in [-0.3, -0.25) is 0 Å². The Morgan fingerprint density at radius 2 is 1.95 bits per heavy atom. The van der Waals surface area contributed by atoms with Crippen LogP contribution in [0.1, 0.15) is 5.56 Å². The molecule has 0 bridgehead atoms. The lowest BCUT2D eigenvalue weighted by atomic mass is 9.93. The number of hydrazone groups is 1. The van der Waals surface area contributed by atoms with Crippen molar-refractivity contribution in [2.75, 3.05) is 14.2 Å². The van der Waals surface area contributed by atoms with Crippen LogP contribution in [0.15, 0.2) is 58.9 Å². The number of nitrogens with one attached hydrogen (secondary N) is 1. The lowest BCUT2D eigenvalue weighted by Crippen LogP contribution is -2.13. The highest BCUT2D eigenvalue weighted by atomic mass is 35.5. The van der Waals surface area contributed by atoms with Crippen molar-refractivity contribution in [3.8, 4) is 5.75 Å². The molecule has 1 aromatic rings. The zero-order valence-corrected chi connectivity index (χ0v) is 13.7. The number of rotatable bonds is 5. The summed E-state index contributed by atoms with van der Waals surface area (Å²) in [6.07, 6.45) is 7.69. The molecule has 0 heterocycles. The van der Waals surface area contributed by atoms with E-state index in [4.69, 9.17) is 32.9 Å². The first-order valence-corrected chi connectivity index (χ1v) is 7.31. The summed E-state index contributed by atoms with van der Waals surface area (Å²) in [5.74, 6) is 1.37. The van der Waals surface area contributed by atoms with Crippen molar-refractivity contribution in [3.63, 3.8) is 0 Å². The Labute approximate surface area is 139 Å². The fraction of sp³-hybridized carbons (Fsp3) is 0.188. The van der Waals surface area contributed by atoms with E-state index in [9.17, 15) is 0 Å². The van der Waals surface area contributed by atoms with E-state index in [0.29, 0.717) is 5.17 Å². The van der Waals surface area contributed by atoms with Crippen LogP contribution in [-0.2, 0) is 4.74 Å². The molecule has 0 radical (unpaired) electrons. The maximum atomic E-state index is 6.18. The predicted octanol–water partition coefficient (Wildman–Crippen LogP) is 4.09. The Hall–Kier alpha value is -1.91. The number of methoxy groups -OCH3 is 2. The van der Waals surface area contributed by atoms with Crippen LogP contribution in [0.5, 0.6) is 5.75 Å². The molecule has 0 saturated heterocycles. The van der Waals surface area contributed by atoms with Crippen LogP contribution >= 0.6 is 23.4 Å². The first-order valence-electron chi connectivity index (χ1n) is 6.56. The number of benzene rings is 1. The summed E-state index contributed by atoms with van der Waals surface area (Å²) in [5.41, 5.74) is 1.97. The van der Waals surface area contributed by atoms with Gasteiger partial charge in [-0.1, -0.05) is 35.9 Å². The fourth-order valence-electron chi connectivity index (χ4n) is 2.08. The number of allylic oxidation sites excluding steroid dienone is 4. The van der Waals surface area contributed by atoms with Gasteiger partial charge in [-0.05, 0) is 35.4 Å². The molecule has 1 atom stereocenters. The van der Waals surface area contributed by atoms with E-state index >= 15 is 0 Å². The Morgan fingerprint density at radius 3 is 2.55 bits per heavy atom. The second kappa shape index (κ2) is 7.92. The lowest BCUT2D eigenvalue weighted by molar-refractivity contribution is 0.305. The van der Waals surface area contributed by atoms with Crippen molar-refractivity contribution in [3.05, 3.63) is 59.4 Å². The molecular weight excluding hydrogens is 323 g/mol. The molecule has 2 rings (SSSR count). The van der Waals surface area contributed by atoms with Gasteiger partial charge in [-0.15, -0.1) is 0 Å². The number of hydrogen-bond donors (Lipinski definition) is 1. The monoisotopic (exact) mass is 338 g/mol. The van der Waals surface area contributed by atoms with Crippen LogP contribution in [0, 0.1) is 5.92 Å². The topological polar surface area (TPSA) is 42.9 Å². The van der Waals surface area contributed by atoms with Gasteiger partial charge in [0.25, 0.3) is 0 Å². The largest absolute Gasteiger partial charge is 0.497 e. The van der Waals surface area contributed by atoms with Crippen molar-refractivity contribution in [1.82, 2.24) is 4.94 Å². The predicted molar refractivity (Wildman–Crippen MR) is 91.0 cm³/mol. The first-order chi connectivity index (χ1) is 10.7. The lowest BCUT2D eigenvalue weighted by Gasteiger charge is -2.18. The summed E-state index contributed by atoms with van der Waals surface area (Å²) in [5, 5.41) is 4.18. The molecule has 4 nitrogen and oxygen atoms in total. The minimum Gasteiger partial charge on any atom is -0.497 e. The molecule has 0 spiro atoms. The number of hydrogen-bond acceptors (Lipinski definition) is 4. The molecule has 1 aliphatic rings. The van der Waals surface area contributed by atoms with E-state index in [1.165, 1.54) is 0 Å². The molecule has 1 N–H and O–H groups in total. The van der Waals surface area contributed by atoms with Crippen LogP contribution in [0.2, 0.25) is 0 Å². The van der Waals surface area contributed by atoms with Crippen LogP contribution in [0.3, 0.4) is 0 Å². The summed E-state index contributed by atoms with van der Waals surface area (Å²) in [6, 6.07) is 7.73. The van der Waals surface area contributed by atoms with Gasteiger partial charge in [0.15, 0.2) is 0 Å². The third-order valence-corrected chi connectivity index (χ3v) is 3.62. The van der Waals surface area contributed by atoms with Gasteiger partial charge < -0.3 is 9.47 Å². The van der Waals surface area contributed by atoms with Gasteiger partial charge >= 0.3 is 0 Å². The molecule has 0 amide bonds. The Bertz CT molecular complexity index is 634. The summed E-state index contributed by atoms with van der Waals surface area (Å²) >= 11 is 11.6. The summed E-state index contributed by atoms with van der Waals surface area (Å²) in [7, 11) is 3.26. The fourth-order valence-corrected chi connectivity index (χ4v) is 2.46. The maximum absolute atomic E-state index is 6.18. The second-order valence-electron chi connectivity index (χ2n) is 4.52. The molecule has 1 aromatic carbocycles. The van der Waals surface area contributed by atoms with Crippen LogP contribution in [-0.4, -0.2) is 19.4 Å². The van der Waals surface area contributed by atoms with E-state index < -0.39 is 0 Å². The van der Waals surface area contributed by atoms with E-state index in [1.807, 2.05) is 48.6 Å². The highest BCUT2D eigenvalue weighted by molar-refractivity contribution is 6.66. The standard InChI is InChI=1S/C16H16Cl2N2O2/c1-21-13-5-3-11(4-6-13)9-12-10-14(22-2)7-8-15(12)16(17)19-20-18/h3-10,15,20H,1-2H3. The van der Waals surface area contributed by atoms with Crippen LogP contribution in [0.4, 0.5) is 0 Å². The molecule has 6 heteroatoms. The quantitative estimate of drug-likeness (QED) is 0.499. The van der Waals surface area contributed by atoms with E-state index in [0.717, 1.165) is 22.6 Å². The normalized spacial score (nSPS) is 19.8. The third kappa shape index (κ3) is 4.06. The van der Waals surface area contributed by atoms with Crippen molar-refractivity contribution < 1.29 is 9.47 Å². The second-order valence-corrected chi connectivity index (χ2v) is 5.08. The van der Waals surface area contributed by atoms with Crippen molar-refractivity contribution >= 4 is 34.6 Å². The molecule has 1 aliphatic carbocycles. The smallest absolute Gasteiger partial charge is 0.138 e. The zero-order valence-electron chi connectivity index (χ0n) is 12.2. The molecule has 0 fully saturated rings. The molecule has 0 aliphatic heterocycles. The minimum absolute atomic E-state index is 0.186. The summed E-state index contributed by atoms with van der Waals surface area (Å²) in [4.78, 5) is 2.19. The average molecular weight is 339 g/mol. The van der Waals surface area contributed by atoms with E-state index in [-0.39, 0.29) is 5.92 Å².